The van der Waals surface area contributed by atoms with Crippen LogP contribution in [0.3, 0.4) is 0 Å². The summed E-state index contributed by atoms with van der Waals surface area (Å²) in [6, 6.07) is 5.14. The first-order chi connectivity index (χ1) is 12.3. The highest BCUT2D eigenvalue weighted by molar-refractivity contribution is 5.75. The number of aromatic nitrogens is 2. The molecule has 2 aromatic rings. The molecular weight excluding hydrogens is 339 g/mol. The number of hydrogen-bond acceptors (Lipinski definition) is 3. The summed E-state index contributed by atoms with van der Waals surface area (Å²) in [6.07, 6.45) is 3.26. The van der Waals surface area contributed by atoms with Gasteiger partial charge in [-0.1, -0.05) is 13.8 Å². The van der Waals surface area contributed by atoms with Gasteiger partial charge in [0, 0.05) is 24.8 Å². The van der Waals surface area contributed by atoms with Crippen molar-refractivity contribution in [2.45, 2.75) is 32.9 Å². The molecule has 1 aromatic heterocycles. The number of benzene rings is 1. The van der Waals surface area contributed by atoms with E-state index < -0.39 is 12.0 Å². The predicted octanol–water partition coefficient (Wildman–Crippen LogP) is 2.65. The molecule has 7 nitrogen and oxygen atoms in total. The van der Waals surface area contributed by atoms with E-state index >= 15 is 0 Å². The third-order valence-corrected chi connectivity index (χ3v) is 4.00. The minimum absolute atomic E-state index is 0.00433. The Hall–Kier alpha value is -2.90. The topological polar surface area (TPSA) is 87.5 Å². The van der Waals surface area contributed by atoms with E-state index in [9.17, 15) is 14.0 Å². The fourth-order valence-corrected chi connectivity index (χ4v) is 2.43. The van der Waals surface area contributed by atoms with Gasteiger partial charge in [-0.15, -0.1) is 0 Å². The number of urea groups is 1. The molecule has 0 spiro atoms. The lowest BCUT2D eigenvalue weighted by molar-refractivity contribution is -0.137. The number of aliphatic carboxylic acids is 1. The number of nitrogens with one attached hydrogen (secondary N) is 1. The summed E-state index contributed by atoms with van der Waals surface area (Å²) in [5.41, 5.74) is 1.51. The molecule has 2 N–H and O–H groups in total. The summed E-state index contributed by atoms with van der Waals surface area (Å²) < 4.78 is 14.6. The third-order valence-electron chi connectivity index (χ3n) is 4.00. The Balaban J connectivity index is 1.98. The number of amides is 2. The van der Waals surface area contributed by atoms with Crippen LogP contribution < -0.4 is 5.32 Å². The largest absolute Gasteiger partial charge is 0.481 e. The van der Waals surface area contributed by atoms with Crippen molar-refractivity contribution >= 4 is 12.0 Å². The zero-order valence-corrected chi connectivity index (χ0v) is 15.0. The Morgan fingerprint density at radius 3 is 2.54 bits per heavy atom. The summed E-state index contributed by atoms with van der Waals surface area (Å²) in [4.78, 5) is 24.7. The van der Waals surface area contributed by atoms with Crippen molar-refractivity contribution in [1.82, 2.24) is 20.0 Å². The van der Waals surface area contributed by atoms with Gasteiger partial charge in [-0.25, -0.2) is 13.9 Å². The van der Waals surface area contributed by atoms with Crippen molar-refractivity contribution in [3.05, 3.63) is 48.0 Å². The maximum atomic E-state index is 13.0. The second-order valence-corrected chi connectivity index (χ2v) is 6.52. The van der Waals surface area contributed by atoms with E-state index in [0.29, 0.717) is 12.2 Å². The number of halogens is 1. The summed E-state index contributed by atoms with van der Waals surface area (Å²) in [7, 11) is 1.63. The number of carbonyl (C=O) groups is 2. The summed E-state index contributed by atoms with van der Waals surface area (Å²) in [5, 5.41) is 15.9. The maximum Gasteiger partial charge on any atom is 0.317 e. The van der Waals surface area contributed by atoms with Crippen LogP contribution >= 0.6 is 0 Å². The SMILES string of the molecule is CC(C)[C@@H](CC(=O)O)NC(=O)N(C)Cc1cnn(-c2ccc(F)cc2)c1. The van der Waals surface area contributed by atoms with Gasteiger partial charge in [-0.3, -0.25) is 4.79 Å². The van der Waals surface area contributed by atoms with Gasteiger partial charge in [0.1, 0.15) is 5.82 Å². The van der Waals surface area contributed by atoms with Crippen LogP contribution in [-0.2, 0) is 11.3 Å². The molecule has 1 heterocycles. The Labute approximate surface area is 151 Å². The first-order valence-corrected chi connectivity index (χ1v) is 8.29. The summed E-state index contributed by atoms with van der Waals surface area (Å²) >= 11 is 0. The highest BCUT2D eigenvalue weighted by Gasteiger charge is 2.21. The number of carbonyl (C=O) groups excluding carboxylic acids is 1. The molecule has 0 saturated carbocycles. The lowest BCUT2D eigenvalue weighted by atomic mass is 10.0. The molecule has 0 aliphatic heterocycles. The first kappa shape index (κ1) is 19.4. The molecule has 0 fully saturated rings. The van der Waals surface area contributed by atoms with Gasteiger partial charge in [0.2, 0.25) is 0 Å². The van der Waals surface area contributed by atoms with Crippen molar-refractivity contribution in [2.24, 2.45) is 5.92 Å². The summed E-state index contributed by atoms with van der Waals surface area (Å²) in [5.74, 6) is -1.27. The molecule has 2 amide bonds. The van der Waals surface area contributed by atoms with E-state index in [1.165, 1.54) is 17.0 Å². The molecule has 0 saturated heterocycles. The number of carboxylic acid groups (broad SMARTS) is 1. The average Bonchev–Trinajstić information content (AvgIpc) is 3.02. The van der Waals surface area contributed by atoms with E-state index in [1.807, 2.05) is 13.8 Å². The average molecular weight is 362 g/mol. The fourth-order valence-electron chi connectivity index (χ4n) is 2.43. The van der Waals surface area contributed by atoms with Gasteiger partial charge in [0.25, 0.3) is 0 Å². The first-order valence-electron chi connectivity index (χ1n) is 8.29. The molecule has 1 atom stereocenters. The number of carboxylic acids is 1. The second-order valence-electron chi connectivity index (χ2n) is 6.52. The molecule has 0 bridgehead atoms. The van der Waals surface area contributed by atoms with Gasteiger partial charge < -0.3 is 15.3 Å². The van der Waals surface area contributed by atoms with E-state index in [0.717, 1.165) is 5.56 Å². The monoisotopic (exact) mass is 362 g/mol. The van der Waals surface area contributed by atoms with Gasteiger partial charge in [-0.05, 0) is 30.2 Å². The molecule has 0 unspecified atom stereocenters. The Kier molecular flexibility index (Phi) is 6.32. The van der Waals surface area contributed by atoms with Crippen molar-refractivity contribution in [2.75, 3.05) is 7.05 Å². The van der Waals surface area contributed by atoms with E-state index in [4.69, 9.17) is 5.11 Å². The minimum Gasteiger partial charge on any atom is -0.481 e. The minimum atomic E-state index is -0.952. The van der Waals surface area contributed by atoms with Crippen LogP contribution in [0.25, 0.3) is 5.69 Å². The molecule has 1 aromatic carbocycles. The van der Waals surface area contributed by atoms with E-state index in [-0.39, 0.29) is 24.2 Å². The molecule has 2 rings (SSSR count). The highest BCUT2D eigenvalue weighted by atomic mass is 19.1. The van der Waals surface area contributed by atoms with Crippen molar-refractivity contribution in [3.63, 3.8) is 0 Å². The number of hydrogen-bond donors (Lipinski definition) is 2. The normalized spacial score (nSPS) is 12.0. The molecule has 0 aliphatic rings. The molecule has 0 radical (unpaired) electrons. The fraction of sp³-hybridized carbons (Fsp3) is 0.389. The predicted molar refractivity (Wildman–Crippen MR) is 94.4 cm³/mol. The smallest absolute Gasteiger partial charge is 0.317 e. The number of nitrogens with zero attached hydrogens (tertiary/aromatic N) is 3. The lowest BCUT2D eigenvalue weighted by Crippen LogP contribution is -2.45. The standard InChI is InChI=1S/C18H23FN4O3/c1-12(2)16(8-17(24)25)21-18(26)22(3)10-13-9-20-23(11-13)15-6-4-14(19)5-7-15/h4-7,9,11-12,16H,8,10H2,1-3H3,(H,21,26)(H,24,25)/t16-/m1/s1. The van der Waals surface area contributed by atoms with Crippen LogP contribution in [0.4, 0.5) is 9.18 Å². The maximum absolute atomic E-state index is 13.0. The molecule has 140 valence electrons. The van der Waals surface area contributed by atoms with Crippen LogP contribution in [0.2, 0.25) is 0 Å². The molecule has 26 heavy (non-hydrogen) atoms. The van der Waals surface area contributed by atoms with Crippen LogP contribution in [-0.4, -0.2) is 44.9 Å². The van der Waals surface area contributed by atoms with E-state index in [1.54, 1.807) is 36.3 Å². The lowest BCUT2D eigenvalue weighted by Gasteiger charge is -2.24. The Morgan fingerprint density at radius 1 is 1.31 bits per heavy atom. The van der Waals surface area contributed by atoms with Crippen molar-refractivity contribution < 1.29 is 19.1 Å². The van der Waals surface area contributed by atoms with E-state index in [2.05, 4.69) is 10.4 Å². The zero-order valence-electron chi connectivity index (χ0n) is 15.0. The third kappa shape index (κ3) is 5.30. The van der Waals surface area contributed by atoms with Crippen LogP contribution in [0, 0.1) is 11.7 Å². The van der Waals surface area contributed by atoms with Gasteiger partial charge >= 0.3 is 12.0 Å². The molecular formula is C18H23FN4O3. The number of rotatable bonds is 7. The van der Waals surface area contributed by atoms with Crippen molar-refractivity contribution in [3.8, 4) is 5.69 Å². The van der Waals surface area contributed by atoms with Gasteiger partial charge in [0.05, 0.1) is 24.8 Å². The Bertz CT molecular complexity index is 758. The van der Waals surface area contributed by atoms with Crippen LogP contribution in [0.15, 0.2) is 36.7 Å². The second kappa shape index (κ2) is 8.46. The van der Waals surface area contributed by atoms with Gasteiger partial charge in [-0.2, -0.15) is 5.10 Å². The quantitative estimate of drug-likeness (QED) is 0.793. The highest BCUT2D eigenvalue weighted by Crippen LogP contribution is 2.11. The Morgan fingerprint density at radius 2 is 1.96 bits per heavy atom. The zero-order chi connectivity index (χ0) is 19.3. The summed E-state index contributed by atoms with van der Waals surface area (Å²) in [6.45, 7) is 4.03. The van der Waals surface area contributed by atoms with Crippen LogP contribution in [0.5, 0.6) is 0 Å². The van der Waals surface area contributed by atoms with Crippen molar-refractivity contribution in [1.29, 1.82) is 0 Å². The van der Waals surface area contributed by atoms with Gasteiger partial charge in [0.15, 0.2) is 0 Å². The molecule has 8 heteroatoms. The van der Waals surface area contributed by atoms with Crippen LogP contribution in [0.1, 0.15) is 25.8 Å². The molecule has 0 aliphatic carbocycles.